The molecule has 0 N–H and O–H groups in total. The molecule has 1 aromatic carbocycles. The molecule has 21 heavy (non-hydrogen) atoms. The highest BCUT2D eigenvalue weighted by Crippen LogP contribution is 2.51. The average molecular weight is 293 g/mol. The molecule has 0 radical (unpaired) electrons. The molecule has 1 aliphatic heterocycles. The zero-order valence-corrected chi connectivity index (χ0v) is 12.6. The Hall–Kier alpha value is -1.45. The normalized spacial score (nSPS) is 28.4. The molecule has 1 saturated carbocycles. The van der Waals surface area contributed by atoms with Gasteiger partial charge in [0.05, 0.1) is 5.54 Å². The molecule has 1 spiro atoms. The van der Waals surface area contributed by atoms with Crippen molar-refractivity contribution in [2.75, 3.05) is 7.05 Å². The topological polar surface area (TPSA) is 20.3 Å². The number of amides is 1. The van der Waals surface area contributed by atoms with Gasteiger partial charge in [-0.2, -0.15) is 0 Å². The predicted octanol–water partition coefficient (Wildman–Crippen LogP) is 3.99. The Kier molecular flexibility index (Phi) is 3.30. The van der Waals surface area contributed by atoms with E-state index in [1.807, 2.05) is 6.92 Å². The van der Waals surface area contributed by atoms with Gasteiger partial charge in [0.1, 0.15) is 11.6 Å². The molecule has 3 rings (SSSR count). The maximum absolute atomic E-state index is 13.5. The number of hydrogen-bond donors (Lipinski definition) is 0. The van der Waals surface area contributed by atoms with Crippen molar-refractivity contribution in [2.45, 2.75) is 51.0 Å². The summed E-state index contributed by atoms with van der Waals surface area (Å²) in [6, 6.07) is 3.56. The molecule has 1 atom stereocenters. The van der Waals surface area contributed by atoms with Crippen molar-refractivity contribution in [1.82, 2.24) is 4.90 Å². The van der Waals surface area contributed by atoms with Crippen LogP contribution in [0, 0.1) is 17.0 Å². The van der Waals surface area contributed by atoms with E-state index in [2.05, 4.69) is 0 Å². The van der Waals surface area contributed by atoms with Gasteiger partial charge in [-0.1, -0.05) is 12.8 Å². The SMILES string of the molecule is CN1C(=O)C2(CCCC2)CC[C@@]1(C)c1cc(F)cc(F)c1. The van der Waals surface area contributed by atoms with Crippen molar-refractivity contribution in [2.24, 2.45) is 5.41 Å². The first kappa shape index (κ1) is 14.5. The zero-order chi connectivity index (χ0) is 15.3. The first-order valence-corrected chi connectivity index (χ1v) is 7.62. The minimum absolute atomic E-state index is 0.137. The Morgan fingerprint density at radius 3 is 2.14 bits per heavy atom. The molecule has 2 aliphatic rings. The van der Waals surface area contributed by atoms with Crippen LogP contribution in [0.1, 0.15) is 51.0 Å². The van der Waals surface area contributed by atoms with Crippen LogP contribution in [0.5, 0.6) is 0 Å². The Balaban J connectivity index is 1.97. The van der Waals surface area contributed by atoms with Crippen LogP contribution in [0.15, 0.2) is 18.2 Å². The summed E-state index contributed by atoms with van der Waals surface area (Å²) in [5.74, 6) is -1.04. The van der Waals surface area contributed by atoms with Crippen LogP contribution in [-0.4, -0.2) is 17.9 Å². The van der Waals surface area contributed by atoms with E-state index in [1.165, 1.54) is 12.1 Å². The van der Waals surface area contributed by atoms with E-state index in [0.29, 0.717) is 5.56 Å². The van der Waals surface area contributed by atoms with E-state index in [9.17, 15) is 13.6 Å². The van der Waals surface area contributed by atoms with E-state index in [0.717, 1.165) is 44.6 Å². The Morgan fingerprint density at radius 1 is 1.00 bits per heavy atom. The number of halogens is 2. The number of rotatable bonds is 1. The molecular formula is C17H21F2NO. The first-order valence-electron chi connectivity index (χ1n) is 7.62. The number of nitrogens with zero attached hydrogens (tertiary/aromatic N) is 1. The molecule has 1 aliphatic carbocycles. The summed E-state index contributed by atoms with van der Waals surface area (Å²) in [6.45, 7) is 1.90. The fraction of sp³-hybridized carbons (Fsp3) is 0.588. The van der Waals surface area contributed by atoms with Crippen LogP contribution < -0.4 is 0 Å². The predicted molar refractivity (Wildman–Crippen MR) is 76.6 cm³/mol. The molecule has 1 heterocycles. The second-order valence-corrected chi connectivity index (χ2v) is 6.78. The van der Waals surface area contributed by atoms with E-state index in [4.69, 9.17) is 0 Å². The molecule has 0 unspecified atom stereocenters. The molecule has 2 fully saturated rings. The summed E-state index contributed by atoms with van der Waals surface area (Å²) >= 11 is 0. The highest BCUT2D eigenvalue weighted by atomic mass is 19.1. The van der Waals surface area contributed by atoms with E-state index < -0.39 is 17.2 Å². The third-order valence-corrected chi connectivity index (χ3v) is 5.63. The van der Waals surface area contributed by atoms with Crippen molar-refractivity contribution in [3.8, 4) is 0 Å². The zero-order valence-electron chi connectivity index (χ0n) is 12.6. The van der Waals surface area contributed by atoms with Crippen molar-refractivity contribution >= 4 is 5.91 Å². The fourth-order valence-electron chi connectivity index (χ4n) is 4.06. The second-order valence-electron chi connectivity index (χ2n) is 6.78. The highest BCUT2D eigenvalue weighted by molar-refractivity contribution is 5.84. The van der Waals surface area contributed by atoms with Crippen LogP contribution in [0.4, 0.5) is 8.78 Å². The number of carbonyl (C=O) groups excluding carboxylic acids is 1. The number of hydrogen-bond acceptors (Lipinski definition) is 1. The van der Waals surface area contributed by atoms with E-state index >= 15 is 0 Å². The van der Waals surface area contributed by atoms with Crippen molar-refractivity contribution in [3.63, 3.8) is 0 Å². The molecule has 0 aromatic heterocycles. The van der Waals surface area contributed by atoms with Crippen LogP contribution >= 0.6 is 0 Å². The van der Waals surface area contributed by atoms with Gasteiger partial charge in [-0.3, -0.25) is 4.79 Å². The number of carbonyl (C=O) groups is 1. The van der Waals surface area contributed by atoms with E-state index in [1.54, 1.807) is 11.9 Å². The van der Waals surface area contributed by atoms with Crippen molar-refractivity contribution in [3.05, 3.63) is 35.4 Å². The quantitative estimate of drug-likeness (QED) is 0.766. The molecule has 114 valence electrons. The van der Waals surface area contributed by atoms with Crippen LogP contribution in [0.2, 0.25) is 0 Å². The summed E-state index contributed by atoms with van der Waals surface area (Å²) in [5.41, 5.74) is -0.308. The lowest BCUT2D eigenvalue weighted by atomic mass is 9.70. The summed E-state index contributed by atoms with van der Waals surface area (Å²) in [6.07, 6.45) is 5.66. The first-order chi connectivity index (χ1) is 9.87. The smallest absolute Gasteiger partial charge is 0.229 e. The lowest BCUT2D eigenvalue weighted by Crippen LogP contribution is -2.55. The lowest BCUT2D eigenvalue weighted by Gasteiger charge is -2.49. The monoisotopic (exact) mass is 293 g/mol. The Bertz CT molecular complexity index is 560. The van der Waals surface area contributed by atoms with E-state index in [-0.39, 0.29) is 11.3 Å². The van der Waals surface area contributed by atoms with Gasteiger partial charge in [0, 0.05) is 18.5 Å². The molecule has 1 saturated heterocycles. The lowest BCUT2D eigenvalue weighted by molar-refractivity contribution is -0.154. The molecule has 0 bridgehead atoms. The fourth-order valence-corrected chi connectivity index (χ4v) is 4.06. The number of likely N-dealkylation sites (tertiary alicyclic amines) is 1. The van der Waals surface area contributed by atoms with Gasteiger partial charge in [-0.05, 0) is 50.3 Å². The van der Waals surface area contributed by atoms with Crippen LogP contribution in [0.25, 0.3) is 0 Å². The van der Waals surface area contributed by atoms with Gasteiger partial charge in [0.15, 0.2) is 0 Å². The van der Waals surface area contributed by atoms with Crippen LogP contribution in [-0.2, 0) is 10.3 Å². The van der Waals surface area contributed by atoms with Gasteiger partial charge >= 0.3 is 0 Å². The second kappa shape index (κ2) is 4.79. The highest BCUT2D eigenvalue weighted by Gasteiger charge is 2.51. The summed E-state index contributed by atoms with van der Waals surface area (Å²) in [5, 5.41) is 0. The minimum atomic E-state index is -0.631. The van der Waals surface area contributed by atoms with Crippen LogP contribution in [0.3, 0.4) is 0 Å². The molecule has 4 heteroatoms. The number of piperidine rings is 1. The van der Waals surface area contributed by atoms with Gasteiger partial charge in [-0.15, -0.1) is 0 Å². The van der Waals surface area contributed by atoms with Gasteiger partial charge < -0.3 is 4.90 Å². The average Bonchev–Trinajstić information content (AvgIpc) is 2.90. The van der Waals surface area contributed by atoms with Gasteiger partial charge in [-0.25, -0.2) is 8.78 Å². The number of benzene rings is 1. The summed E-state index contributed by atoms with van der Waals surface area (Å²) in [7, 11) is 1.77. The molecule has 1 aromatic rings. The summed E-state index contributed by atoms with van der Waals surface area (Å²) in [4.78, 5) is 14.6. The maximum atomic E-state index is 13.5. The summed E-state index contributed by atoms with van der Waals surface area (Å²) < 4.78 is 27.1. The third kappa shape index (κ3) is 2.16. The largest absolute Gasteiger partial charge is 0.336 e. The standard InChI is InChI=1S/C17H21F2NO/c1-16(12-9-13(18)11-14(19)10-12)7-8-17(5-3-4-6-17)15(21)20(16)2/h9-11H,3-8H2,1-2H3/t16-/m0/s1. The molecule has 1 amide bonds. The maximum Gasteiger partial charge on any atom is 0.229 e. The van der Waals surface area contributed by atoms with Gasteiger partial charge in [0.25, 0.3) is 0 Å². The molecular weight excluding hydrogens is 272 g/mol. The van der Waals surface area contributed by atoms with Crippen molar-refractivity contribution < 1.29 is 13.6 Å². The van der Waals surface area contributed by atoms with Gasteiger partial charge in [0.2, 0.25) is 5.91 Å². The Morgan fingerprint density at radius 2 is 1.57 bits per heavy atom. The third-order valence-electron chi connectivity index (χ3n) is 5.63. The minimum Gasteiger partial charge on any atom is -0.336 e. The van der Waals surface area contributed by atoms with Crippen molar-refractivity contribution in [1.29, 1.82) is 0 Å². The molecule has 2 nitrogen and oxygen atoms in total. The Labute approximate surface area is 124 Å².